The lowest BCUT2D eigenvalue weighted by Crippen LogP contribution is -2.30. The quantitative estimate of drug-likeness (QED) is 0.384. The number of aryl methyl sites for hydroxylation is 1. The predicted octanol–water partition coefficient (Wildman–Crippen LogP) is 2.39. The molecule has 100 valence electrons. The predicted molar refractivity (Wildman–Crippen MR) is 70.7 cm³/mol. The van der Waals surface area contributed by atoms with Crippen LogP contribution in [0.15, 0.2) is 25.3 Å². The molecule has 0 unspecified atom stereocenters. The van der Waals surface area contributed by atoms with E-state index in [0.717, 1.165) is 32.2 Å². The van der Waals surface area contributed by atoms with E-state index >= 15 is 0 Å². The van der Waals surface area contributed by atoms with Crippen molar-refractivity contribution >= 4 is 12.2 Å². The highest BCUT2D eigenvalue weighted by Gasteiger charge is 2.01. The number of nitrogens with zero attached hydrogens (tertiary/aromatic N) is 2. The fourth-order valence-corrected chi connectivity index (χ4v) is 1.69. The van der Waals surface area contributed by atoms with Crippen molar-refractivity contribution in [3.05, 3.63) is 25.3 Å². The molecular formula is C14H23N2O2+. The standard InChI is InChI=1S/C14H23N2O2/c1-3-14(17)18-12-8-6-5-7-9-16-11-10-15(4-2)13-16/h4,10-11,13H,2-3,5-9,12H2,1H3/q+1. The van der Waals surface area contributed by atoms with E-state index in [1.807, 2.05) is 30.2 Å². The molecule has 4 nitrogen and oxygen atoms in total. The molecule has 1 rings (SSSR count). The maximum Gasteiger partial charge on any atom is 0.305 e. The minimum atomic E-state index is -0.101. The summed E-state index contributed by atoms with van der Waals surface area (Å²) >= 11 is 0. The maximum absolute atomic E-state index is 10.9. The number of aromatic nitrogens is 2. The van der Waals surface area contributed by atoms with Gasteiger partial charge in [-0.2, -0.15) is 0 Å². The van der Waals surface area contributed by atoms with Crippen LogP contribution in [-0.4, -0.2) is 17.1 Å². The smallest absolute Gasteiger partial charge is 0.305 e. The second kappa shape index (κ2) is 8.50. The molecule has 0 N–H and O–H groups in total. The van der Waals surface area contributed by atoms with Crippen LogP contribution in [0, 0.1) is 0 Å². The summed E-state index contributed by atoms with van der Waals surface area (Å²) in [6, 6.07) is 0. The van der Waals surface area contributed by atoms with E-state index in [-0.39, 0.29) is 5.97 Å². The Morgan fingerprint density at radius 1 is 1.39 bits per heavy atom. The van der Waals surface area contributed by atoms with E-state index in [1.165, 1.54) is 0 Å². The Morgan fingerprint density at radius 3 is 2.83 bits per heavy atom. The summed E-state index contributed by atoms with van der Waals surface area (Å²) in [6.07, 6.45) is 12.7. The van der Waals surface area contributed by atoms with Crippen LogP contribution >= 0.6 is 0 Å². The summed E-state index contributed by atoms with van der Waals surface area (Å²) in [5.74, 6) is -0.101. The second-order valence-electron chi connectivity index (χ2n) is 4.27. The zero-order chi connectivity index (χ0) is 13.2. The monoisotopic (exact) mass is 251 g/mol. The molecule has 0 aliphatic heterocycles. The van der Waals surface area contributed by atoms with Crippen molar-refractivity contribution in [2.45, 2.75) is 45.6 Å². The number of hydrogen-bond donors (Lipinski definition) is 0. The average Bonchev–Trinajstić information content (AvgIpc) is 2.85. The van der Waals surface area contributed by atoms with Crippen LogP contribution in [0.3, 0.4) is 0 Å². The summed E-state index contributed by atoms with van der Waals surface area (Å²) in [5.41, 5.74) is 0. The number of hydrogen-bond acceptors (Lipinski definition) is 2. The van der Waals surface area contributed by atoms with Crippen molar-refractivity contribution in [2.24, 2.45) is 0 Å². The number of imidazole rings is 1. The van der Waals surface area contributed by atoms with Gasteiger partial charge in [-0.1, -0.05) is 13.5 Å². The molecule has 1 aromatic heterocycles. The molecule has 0 radical (unpaired) electrons. The minimum absolute atomic E-state index is 0.101. The fraction of sp³-hybridized carbons (Fsp3) is 0.571. The first-order valence-electron chi connectivity index (χ1n) is 6.61. The lowest BCUT2D eigenvalue weighted by atomic mass is 10.2. The van der Waals surface area contributed by atoms with E-state index in [0.29, 0.717) is 13.0 Å². The van der Waals surface area contributed by atoms with Gasteiger partial charge in [0.05, 0.1) is 19.4 Å². The zero-order valence-corrected chi connectivity index (χ0v) is 11.2. The molecule has 0 atom stereocenters. The van der Waals surface area contributed by atoms with Gasteiger partial charge in [-0.15, -0.1) is 0 Å². The summed E-state index contributed by atoms with van der Waals surface area (Å²) < 4.78 is 9.10. The van der Waals surface area contributed by atoms with Crippen LogP contribution in [0.1, 0.15) is 39.0 Å². The molecule has 0 fully saturated rings. The molecule has 0 spiro atoms. The van der Waals surface area contributed by atoms with Gasteiger partial charge >= 0.3 is 5.97 Å². The Labute approximate surface area is 109 Å². The first-order chi connectivity index (χ1) is 8.76. The number of carbonyl (C=O) groups is 1. The molecule has 18 heavy (non-hydrogen) atoms. The molecule has 0 aliphatic carbocycles. The summed E-state index contributed by atoms with van der Waals surface area (Å²) in [6.45, 7) is 7.10. The topological polar surface area (TPSA) is 35.1 Å². The van der Waals surface area contributed by atoms with Gasteiger partial charge in [-0.3, -0.25) is 4.79 Å². The SMILES string of the molecule is C=Cn1cc[n+](CCCCCCOC(=O)CC)c1. The summed E-state index contributed by atoms with van der Waals surface area (Å²) in [5, 5.41) is 0. The van der Waals surface area contributed by atoms with Crippen molar-refractivity contribution in [3.63, 3.8) is 0 Å². The van der Waals surface area contributed by atoms with Crippen molar-refractivity contribution in [1.82, 2.24) is 4.57 Å². The lowest BCUT2D eigenvalue weighted by molar-refractivity contribution is -0.696. The third-order valence-electron chi connectivity index (χ3n) is 2.79. The van der Waals surface area contributed by atoms with E-state index in [1.54, 1.807) is 6.20 Å². The Kier molecular flexibility index (Phi) is 6.84. The van der Waals surface area contributed by atoms with E-state index in [2.05, 4.69) is 11.1 Å². The van der Waals surface area contributed by atoms with Crippen LogP contribution in [-0.2, 0) is 16.1 Å². The van der Waals surface area contributed by atoms with E-state index < -0.39 is 0 Å². The molecule has 0 amide bonds. The first kappa shape index (κ1) is 14.5. The largest absolute Gasteiger partial charge is 0.466 e. The first-order valence-corrected chi connectivity index (χ1v) is 6.61. The Morgan fingerprint density at radius 2 is 2.17 bits per heavy atom. The molecule has 0 saturated carbocycles. The van der Waals surface area contributed by atoms with Crippen molar-refractivity contribution in [3.8, 4) is 0 Å². The molecular weight excluding hydrogens is 228 g/mol. The van der Waals surface area contributed by atoms with Crippen molar-refractivity contribution in [2.75, 3.05) is 6.61 Å². The van der Waals surface area contributed by atoms with Crippen LogP contribution < -0.4 is 4.57 Å². The van der Waals surface area contributed by atoms with Crippen molar-refractivity contribution < 1.29 is 14.1 Å². The fourth-order valence-electron chi connectivity index (χ4n) is 1.69. The minimum Gasteiger partial charge on any atom is -0.466 e. The third kappa shape index (κ3) is 5.66. The Hall–Kier alpha value is -1.58. The van der Waals surface area contributed by atoms with Gasteiger partial charge in [0.2, 0.25) is 6.33 Å². The number of carbonyl (C=O) groups excluding carboxylic acids is 1. The molecule has 1 heterocycles. The molecule has 4 heteroatoms. The molecule has 0 aromatic carbocycles. The Balaban J connectivity index is 1.98. The number of ether oxygens (including phenoxy) is 1. The van der Waals surface area contributed by atoms with Crippen LogP contribution in [0.4, 0.5) is 0 Å². The zero-order valence-electron chi connectivity index (χ0n) is 11.2. The van der Waals surface area contributed by atoms with Gasteiger partial charge < -0.3 is 4.74 Å². The van der Waals surface area contributed by atoms with Crippen molar-refractivity contribution in [1.29, 1.82) is 0 Å². The lowest BCUT2D eigenvalue weighted by Gasteiger charge is -2.02. The second-order valence-corrected chi connectivity index (χ2v) is 4.27. The number of esters is 1. The maximum atomic E-state index is 10.9. The highest BCUT2D eigenvalue weighted by atomic mass is 16.5. The summed E-state index contributed by atoms with van der Waals surface area (Å²) in [7, 11) is 0. The van der Waals surface area contributed by atoms with Crippen LogP contribution in [0.5, 0.6) is 0 Å². The van der Waals surface area contributed by atoms with Gasteiger partial charge in [-0.25, -0.2) is 9.13 Å². The van der Waals surface area contributed by atoms with Gasteiger partial charge in [0.25, 0.3) is 0 Å². The van der Waals surface area contributed by atoms with Gasteiger partial charge in [0, 0.05) is 6.42 Å². The third-order valence-corrected chi connectivity index (χ3v) is 2.79. The van der Waals surface area contributed by atoms with E-state index in [4.69, 9.17) is 4.74 Å². The normalized spacial score (nSPS) is 10.3. The summed E-state index contributed by atoms with van der Waals surface area (Å²) in [4.78, 5) is 10.9. The number of rotatable bonds is 9. The Bertz CT molecular complexity index is 372. The molecule has 0 aliphatic rings. The highest BCUT2D eigenvalue weighted by Crippen LogP contribution is 2.01. The van der Waals surface area contributed by atoms with Crippen LogP contribution in [0.2, 0.25) is 0 Å². The highest BCUT2D eigenvalue weighted by molar-refractivity contribution is 5.68. The molecule has 0 bridgehead atoms. The molecule has 1 aromatic rings. The van der Waals surface area contributed by atoms with E-state index in [9.17, 15) is 4.79 Å². The van der Waals surface area contributed by atoms with Crippen LogP contribution in [0.25, 0.3) is 6.20 Å². The average molecular weight is 251 g/mol. The van der Waals surface area contributed by atoms with Gasteiger partial charge in [-0.05, 0) is 25.7 Å². The molecule has 0 saturated heterocycles. The number of unbranched alkanes of at least 4 members (excludes halogenated alkanes) is 3. The van der Waals surface area contributed by atoms with Gasteiger partial charge in [0.15, 0.2) is 0 Å². The van der Waals surface area contributed by atoms with Gasteiger partial charge in [0.1, 0.15) is 12.4 Å².